The highest BCUT2D eigenvalue weighted by Crippen LogP contribution is 2.29. The number of piperidine rings is 1. The first-order valence-corrected chi connectivity index (χ1v) is 12.2. The van der Waals surface area contributed by atoms with Crippen molar-refractivity contribution in [3.8, 4) is 0 Å². The van der Waals surface area contributed by atoms with Crippen LogP contribution in [0.5, 0.6) is 0 Å². The fourth-order valence-electron chi connectivity index (χ4n) is 3.80. The van der Waals surface area contributed by atoms with Crippen molar-refractivity contribution >= 4 is 55.4 Å². The molecule has 1 saturated heterocycles. The maximum Gasteiger partial charge on any atom is 0.243 e. The first-order chi connectivity index (χ1) is 14.4. The SMILES string of the molecule is CCn1c(/C(Cl)=C/c2ccc(Cl)cc2)nc2cc(S(=O)(=O)N3CCCCC3)ccc21. The summed E-state index contributed by atoms with van der Waals surface area (Å²) in [6, 6.07) is 12.5. The van der Waals surface area contributed by atoms with E-state index in [1.807, 2.05) is 35.8 Å². The molecule has 0 spiro atoms. The lowest BCUT2D eigenvalue weighted by Gasteiger charge is -2.25. The van der Waals surface area contributed by atoms with E-state index in [4.69, 9.17) is 23.2 Å². The zero-order valence-corrected chi connectivity index (χ0v) is 19.0. The standard InChI is InChI=1S/C22H23Cl2N3O2S/c1-2-27-21-11-10-18(30(28,29)26-12-4-3-5-13-26)15-20(21)25-22(27)19(24)14-16-6-8-17(23)9-7-16/h6-11,14-15H,2-5,12-13H2,1H3/b19-14-. The smallest absolute Gasteiger partial charge is 0.243 e. The number of sulfonamides is 1. The molecule has 8 heteroatoms. The van der Waals surface area contributed by atoms with Crippen LogP contribution in [0.15, 0.2) is 47.4 Å². The first-order valence-electron chi connectivity index (χ1n) is 10.0. The third kappa shape index (κ3) is 4.14. The molecule has 0 unspecified atom stereocenters. The van der Waals surface area contributed by atoms with Crippen LogP contribution in [0.1, 0.15) is 37.6 Å². The number of nitrogens with zero attached hydrogens (tertiary/aromatic N) is 3. The van der Waals surface area contributed by atoms with Gasteiger partial charge in [0.05, 0.1) is 21.0 Å². The summed E-state index contributed by atoms with van der Waals surface area (Å²) in [4.78, 5) is 4.95. The fourth-order valence-corrected chi connectivity index (χ4v) is 5.73. The van der Waals surface area contributed by atoms with Crippen molar-refractivity contribution < 1.29 is 8.42 Å². The van der Waals surface area contributed by atoms with E-state index in [1.165, 1.54) is 0 Å². The average molecular weight is 464 g/mol. The van der Waals surface area contributed by atoms with Gasteiger partial charge in [-0.05, 0) is 61.7 Å². The van der Waals surface area contributed by atoms with Gasteiger partial charge in [-0.1, -0.05) is 41.8 Å². The quantitative estimate of drug-likeness (QED) is 0.493. The Morgan fingerprint density at radius 3 is 2.47 bits per heavy atom. The number of hydrogen-bond donors (Lipinski definition) is 0. The predicted molar refractivity (Wildman–Crippen MR) is 123 cm³/mol. The van der Waals surface area contributed by atoms with Crippen LogP contribution in [-0.4, -0.2) is 35.4 Å². The van der Waals surface area contributed by atoms with E-state index in [1.54, 1.807) is 28.6 Å². The van der Waals surface area contributed by atoms with E-state index in [0.29, 0.717) is 41.0 Å². The monoisotopic (exact) mass is 463 g/mol. The van der Waals surface area contributed by atoms with E-state index in [2.05, 4.69) is 4.98 Å². The zero-order chi connectivity index (χ0) is 21.3. The Labute approximate surface area is 187 Å². The lowest BCUT2D eigenvalue weighted by molar-refractivity contribution is 0.346. The van der Waals surface area contributed by atoms with Crippen molar-refractivity contribution in [1.29, 1.82) is 0 Å². The summed E-state index contributed by atoms with van der Waals surface area (Å²) in [6.45, 7) is 3.82. The van der Waals surface area contributed by atoms with Crippen molar-refractivity contribution in [3.63, 3.8) is 0 Å². The number of halogens is 2. The number of fused-ring (bicyclic) bond motifs is 1. The molecule has 30 heavy (non-hydrogen) atoms. The third-order valence-corrected chi connectivity index (χ3v) is 7.79. The molecule has 1 aliphatic heterocycles. The molecule has 1 aromatic heterocycles. The Hall–Kier alpha value is -1.86. The molecule has 0 atom stereocenters. The molecule has 3 aromatic rings. The van der Waals surface area contributed by atoms with Crippen LogP contribution in [-0.2, 0) is 16.6 Å². The average Bonchev–Trinajstić information content (AvgIpc) is 3.14. The maximum absolute atomic E-state index is 13.0. The molecule has 0 radical (unpaired) electrons. The van der Waals surface area contributed by atoms with E-state index in [-0.39, 0.29) is 4.90 Å². The van der Waals surface area contributed by atoms with Gasteiger partial charge in [0, 0.05) is 24.7 Å². The molecular formula is C22H23Cl2N3O2S. The lowest BCUT2D eigenvalue weighted by atomic mass is 10.2. The van der Waals surface area contributed by atoms with Crippen molar-refractivity contribution in [2.45, 2.75) is 37.6 Å². The van der Waals surface area contributed by atoms with Crippen LogP contribution < -0.4 is 0 Å². The molecule has 0 bridgehead atoms. The van der Waals surface area contributed by atoms with Crippen LogP contribution in [0.4, 0.5) is 0 Å². The third-order valence-electron chi connectivity index (χ3n) is 5.37. The molecule has 0 N–H and O–H groups in total. The minimum Gasteiger partial charge on any atom is -0.324 e. The van der Waals surface area contributed by atoms with Crippen molar-refractivity contribution in [1.82, 2.24) is 13.9 Å². The molecule has 5 nitrogen and oxygen atoms in total. The summed E-state index contributed by atoms with van der Waals surface area (Å²) in [5.41, 5.74) is 2.38. The van der Waals surface area contributed by atoms with Gasteiger partial charge in [-0.25, -0.2) is 13.4 Å². The van der Waals surface area contributed by atoms with Gasteiger partial charge in [-0.2, -0.15) is 4.31 Å². The van der Waals surface area contributed by atoms with Crippen molar-refractivity contribution in [3.05, 3.63) is 58.9 Å². The number of hydrogen-bond acceptors (Lipinski definition) is 3. The molecule has 0 amide bonds. The Bertz CT molecular complexity index is 1200. The fraction of sp³-hybridized carbons (Fsp3) is 0.318. The second-order valence-corrected chi connectivity index (χ2v) is 10.1. The van der Waals surface area contributed by atoms with Gasteiger partial charge < -0.3 is 4.57 Å². The molecule has 4 rings (SSSR count). The zero-order valence-electron chi connectivity index (χ0n) is 16.7. The summed E-state index contributed by atoms with van der Waals surface area (Å²) in [6.07, 6.45) is 4.72. The van der Waals surface area contributed by atoms with Crippen molar-refractivity contribution in [2.24, 2.45) is 0 Å². The van der Waals surface area contributed by atoms with Crippen molar-refractivity contribution in [2.75, 3.05) is 13.1 Å². The highest BCUT2D eigenvalue weighted by atomic mass is 35.5. The Morgan fingerprint density at radius 2 is 1.80 bits per heavy atom. The van der Waals surface area contributed by atoms with E-state index in [0.717, 1.165) is 30.3 Å². The molecule has 2 aromatic carbocycles. The van der Waals surface area contributed by atoms with Gasteiger partial charge in [0.15, 0.2) is 5.82 Å². The van der Waals surface area contributed by atoms with E-state index >= 15 is 0 Å². The molecule has 1 aliphatic rings. The Morgan fingerprint density at radius 1 is 1.10 bits per heavy atom. The predicted octanol–water partition coefficient (Wildman–Crippen LogP) is 5.62. The first kappa shape index (κ1) is 21.4. The molecule has 2 heterocycles. The molecule has 158 valence electrons. The number of aryl methyl sites for hydroxylation is 1. The van der Waals surface area contributed by atoms with Crippen LogP contribution in [0.3, 0.4) is 0 Å². The molecule has 0 saturated carbocycles. The summed E-state index contributed by atoms with van der Waals surface area (Å²) in [7, 11) is -3.51. The Balaban J connectivity index is 1.74. The highest BCUT2D eigenvalue weighted by Gasteiger charge is 2.26. The summed E-state index contributed by atoms with van der Waals surface area (Å²) >= 11 is 12.6. The van der Waals surface area contributed by atoms with Gasteiger partial charge in [0.2, 0.25) is 10.0 Å². The molecular weight excluding hydrogens is 441 g/mol. The summed E-state index contributed by atoms with van der Waals surface area (Å²) < 4.78 is 29.6. The van der Waals surface area contributed by atoms with Gasteiger partial charge in [-0.15, -0.1) is 0 Å². The molecule has 1 fully saturated rings. The number of benzene rings is 2. The molecule has 0 aliphatic carbocycles. The second kappa shape index (κ2) is 8.71. The van der Waals surface area contributed by atoms with Gasteiger partial charge in [0.25, 0.3) is 0 Å². The summed E-state index contributed by atoms with van der Waals surface area (Å²) in [5.74, 6) is 0.608. The minimum atomic E-state index is -3.51. The number of imidazole rings is 1. The van der Waals surface area contributed by atoms with E-state index in [9.17, 15) is 8.42 Å². The van der Waals surface area contributed by atoms with Crippen LogP contribution in [0.2, 0.25) is 5.02 Å². The van der Waals surface area contributed by atoms with Crippen LogP contribution in [0.25, 0.3) is 22.1 Å². The topological polar surface area (TPSA) is 55.2 Å². The maximum atomic E-state index is 13.0. The van der Waals surface area contributed by atoms with Gasteiger partial charge in [0.1, 0.15) is 0 Å². The minimum absolute atomic E-state index is 0.280. The number of aromatic nitrogens is 2. The second-order valence-electron chi connectivity index (χ2n) is 7.34. The lowest BCUT2D eigenvalue weighted by Crippen LogP contribution is -2.35. The van der Waals surface area contributed by atoms with E-state index < -0.39 is 10.0 Å². The summed E-state index contributed by atoms with van der Waals surface area (Å²) in [5, 5.41) is 1.14. The Kier molecular flexibility index (Phi) is 6.21. The van der Waals surface area contributed by atoms with Gasteiger partial charge >= 0.3 is 0 Å². The highest BCUT2D eigenvalue weighted by molar-refractivity contribution is 7.89. The number of rotatable bonds is 5. The normalized spacial score (nSPS) is 16.3. The van der Waals surface area contributed by atoms with Gasteiger partial charge in [-0.3, -0.25) is 0 Å². The van der Waals surface area contributed by atoms with Crippen LogP contribution in [0, 0.1) is 0 Å². The largest absolute Gasteiger partial charge is 0.324 e. The van der Waals surface area contributed by atoms with Crippen LogP contribution >= 0.6 is 23.2 Å².